The van der Waals surface area contributed by atoms with Crippen LogP contribution in [0.25, 0.3) is 11.5 Å². The normalized spacial score (nSPS) is 14.9. The lowest BCUT2D eigenvalue weighted by molar-refractivity contribution is -0.133. The lowest BCUT2D eigenvalue weighted by Crippen LogP contribution is -2.48. The topological polar surface area (TPSA) is 84.7 Å². The van der Waals surface area contributed by atoms with Gasteiger partial charge in [-0.3, -0.25) is 9.69 Å². The third-order valence-corrected chi connectivity index (χ3v) is 6.45. The second-order valence-corrected chi connectivity index (χ2v) is 8.66. The lowest BCUT2D eigenvalue weighted by atomic mass is 10.1. The Morgan fingerprint density at radius 1 is 1.06 bits per heavy atom. The standard InChI is InChI=1S/C24H29N7O2/c1-17-15-25-22-7-8-23(27-30(17)22)31-19(3)21(18(2)26-31)6-9-24(32)29-12-10-28(11-13-29)16-20-5-4-14-33-20/h4-5,7-8,14-15H,6,9-13,16H2,1-3H3. The van der Waals surface area contributed by atoms with Crippen molar-refractivity contribution in [1.29, 1.82) is 0 Å². The minimum atomic E-state index is 0.202. The fourth-order valence-corrected chi connectivity index (χ4v) is 4.52. The van der Waals surface area contributed by atoms with Crippen molar-refractivity contribution < 1.29 is 9.21 Å². The van der Waals surface area contributed by atoms with Crippen LogP contribution < -0.4 is 0 Å². The summed E-state index contributed by atoms with van der Waals surface area (Å²) < 4.78 is 9.12. The summed E-state index contributed by atoms with van der Waals surface area (Å²) in [6.07, 6.45) is 4.67. The first kappa shape index (κ1) is 21.4. The van der Waals surface area contributed by atoms with E-state index >= 15 is 0 Å². The highest BCUT2D eigenvalue weighted by atomic mass is 16.3. The second-order valence-electron chi connectivity index (χ2n) is 8.66. The van der Waals surface area contributed by atoms with E-state index in [0.29, 0.717) is 12.8 Å². The predicted molar refractivity (Wildman–Crippen MR) is 123 cm³/mol. The van der Waals surface area contributed by atoms with Crippen molar-refractivity contribution in [2.75, 3.05) is 26.2 Å². The van der Waals surface area contributed by atoms with E-state index < -0.39 is 0 Å². The number of piperazine rings is 1. The largest absolute Gasteiger partial charge is 0.468 e. The van der Waals surface area contributed by atoms with Gasteiger partial charge >= 0.3 is 0 Å². The molecule has 0 aliphatic carbocycles. The Morgan fingerprint density at radius 2 is 1.88 bits per heavy atom. The minimum absolute atomic E-state index is 0.202. The van der Waals surface area contributed by atoms with Gasteiger partial charge in [0.15, 0.2) is 11.5 Å². The number of carbonyl (C=O) groups is 1. The molecule has 172 valence electrons. The van der Waals surface area contributed by atoms with Gasteiger partial charge in [-0.05, 0) is 57.0 Å². The van der Waals surface area contributed by atoms with E-state index in [-0.39, 0.29) is 5.91 Å². The summed E-state index contributed by atoms with van der Waals surface area (Å²) in [5.74, 6) is 1.91. The van der Waals surface area contributed by atoms with Gasteiger partial charge in [0, 0.05) is 38.3 Å². The Hall–Kier alpha value is -3.46. The van der Waals surface area contributed by atoms with Gasteiger partial charge in [-0.25, -0.2) is 14.2 Å². The first-order valence-corrected chi connectivity index (χ1v) is 11.4. The molecular formula is C24H29N7O2. The van der Waals surface area contributed by atoms with Gasteiger partial charge in [0.2, 0.25) is 5.91 Å². The molecule has 0 atom stereocenters. The van der Waals surface area contributed by atoms with Crippen LogP contribution in [-0.4, -0.2) is 66.3 Å². The molecule has 9 heteroatoms. The monoisotopic (exact) mass is 447 g/mol. The van der Waals surface area contributed by atoms with Gasteiger partial charge < -0.3 is 9.32 Å². The number of furan rings is 1. The van der Waals surface area contributed by atoms with Gasteiger partial charge in [0.05, 0.1) is 30.4 Å². The van der Waals surface area contributed by atoms with Crippen LogP contribution in [0.5, 0.6) is 0 Å². The van der Waals surface area contributed by atoms with E-state index in [1.165, 1.54) is 0 Å². The molecule has 1 saturated heterocycles. The van der Waals surface area contributed by atoms with Gasteiger partial charge in [0.1, 0.15) is 5.76 Å². The maximum absolute atomic E-state index is 12.9. The lowest BCUT2D eigenvalue weighted by Gasteiger charge is -2.34. The molecule has 33 heavy (non-hydrogen) atoms. The molecule has 0 N–H and O–H groups in total. The van der Waals surface area contributed by atoms with Crippen LogP contribution in [-0.2, 0) is 17.8 Å². The third-order valence-electron chi connectivity index (χ3n) is 6.45. The van der Waals surface area contributed by atoms with Crippen LogP contribution in [0.4, 0.5) is 0 Å². The number of aromatic nitrogens is 5. The van der Waals surface area contributed by atoms with E-state index in [4.69, 9.17) is 14.6 Å². The number of carbonyl (C=O) groups excluding carboxylic acids is 1. The Labute approximate surface area is 192 Å². The maximum atomic E-state index is 12.9. The van der Waals surface area contributed by atoms with Crippen molar-refractivity contribution in [3.8, 4) is 5.82 Å². The Bertz CT molecular complexity index is 1260. The molecular weight excluding hydrogens is 418 g/mol. The average molecular weight is 448 g/mol. The Kier molecular flexibility index (Phi) is 5.72. The van der Waals surface area contributed by atoms with Gasteiger partial charge in [-0.1, -0.05) is 0 Å². The molecule has 0 radical (unpaired) electrons. The highest BCUT2D eigenvalue weighted by Gasteiger charge is 2.23. The first-order valence-electron chi connectivity index (χ1n) is 11.4. The average Bonchev–Trinajstić information content (AvgIpc) is 3.53. The van der Waals surface area contributed by atoms with Gasteiger partial charge in [-0.2, -0.15) is 5.10 Å². The summed E-state index contributed by atoms with van der Waals surface area (Å²) in [6.45, 7) is 10.1. The van der Waals surface area contributed by atoms with Crippen LogP contribution in [0, 0.1) is 20.8 Å². The Morgan fingerprint density at radius 3 is 2.64 bits per heavy atom. The molecule has 1 aliphatic heterocycles. The van der Waals surface area contributed by atoms with E-state index in [0.717, 1.165) is 72.6 Å². The third kappa shape index (κ3) is 4.28. The van der Waals surface area contributed by atoms with Crippen molar-refractivity contribution in [1.82, 2.24) is 34.2 Å². The molecule has 0 aromatic carbocycles. The number of hydrogen-bond acceptors (Lipinski definition) is 6. The molecule has 1 aliphatic rings. The fourth-order valence-electron chi connectivity index (χ4n) is 4.52. The van der Waals surface area contributed by atoms with Gasteiger partial charge in [0.25, 0.3) is 0 Å². The van der Waals surface area contributed by atoms with Crippen molar-refractivity contribution in [2.45, 2.75) is 40.2 Å². The molecule has 0 bridgehead atoms. The van der Waals surface area contributed by atoms with Crippen LogP contribution in [0.1, 0.15) is 34.8 Å². The zero-order valence-electron chi connectivity index (χ0n) is 19.4. The summed E-state index contributed by atoms with van der Waals surface area (Å²) >= 11 is 0. The van der Waals surface area contributed by atoms with Crippen LogP contribution >= 0.6 is 0 Å². The highest BCUT2D eigenvalue weighted by Crippen LogP contribution is 2.20. The summed E-state index contributed by atoms with van der Waals surface area (Å²) in [5, 5.41) is 9.41. The molecule has 1 amide bonds. The van der Waals surface area contributed by atoms with E-state index in [9.17, 15) is 4.79 Å². The number of fused-ring (bicyclic) bond motifs is 1. The van der Waals surface area contributed by atoms with Crippen molar-refractivity contribution in [3.63, 3.8) is 0 Å². The van der Waals surface area contributed by atoms with Crippen molar-refractivity contribution in [3.05, 3.63) is 65.1 Å². The second kappa shape index (κ2) is 8.82. The van der Waals surface area contributed by atoms with Crippen molar-refractivity contribution in [2.24, 2.45) is 0 Å². The summed E-state index contributed by atoms with van der Waals surface area (Å²) in [7, 11) is 0. The number of imidazole rings is 1. The zero-order valence-corrected chi connectivity index (χ0v) is 19.4. The summed E-state index contributed by atoms with van der Waals surface area (Å²) in [6, 6.07) is 7.78. The van der Waals surface area contributed by atoms with E-state index in [1.54, 1.807) is 12.5 Å². The van der Waals surface area contributed by atoms with Crippen LogP contribution in [0.15, 0.2) is 41.1 Å². The molecule has 9 nitrogen and oxygen atoms in total. The molecule has 4 aromatic rings. The summed E-state index contributed by atoms with van der Waals surface area (Å²) in [5.41, 5.74) is 4.86. The number of hydrogen-bond donors (Lipinski definition) is 0. The van der Waals surface area contributed by atoms with E-state index in [2.05, 4.69) is 9.88 Å². The highest BCUT2D eigenvalue weighted by molar-refractivity contribution is 5.76. The molecule has 0 unspecified atom stereocenters. The van der Waals surface area contributed by atoms with E-state index in [1.807, 2.05) is 59.1 Å². The fraction of sp³-hybridized carbons (Fsp3) is 0.417. The molecule has 5 rings (SSSR count). The number of aryl methyl sites for hydroxylation is 2. The smallest absolute Gasteiger partial charge is 0.222 e. The molecule has 0 saturated carbocycles. The number of amides is 1. The zero-order chi connectivity index (χ0) is 22.9. The summed E-state index contributed by atoms with van der Waals surface area (Å²) in [4.78, 5) is 21.5. The number of rotatable bonds is 6. The molecule has 0 spiro atoms. The Balaban J connectivity index is 1.21. The van der Waals surface area contributed by atoms with Crippen LogP contribution in [0.3, 0.4) is 0 Å². The predicted octanol–water partition coefficient (Wildman–Crippen LogP) is 2.71. The SMILES string of the molecule is Cc1nn(-c2ccc3ncc(C)n3n2)c(C)c1CCC(=O)N1CCN(Cc2ccco2)CC1. The number of nitrogens with zero attached hydrogens (tertiary/aromatic N) is 7. The van der Waals surface area contributed by atoms with Crippen LogP contribution in [0.2, 0.25) is 0 Å². The first-order chi connectivity index (χ1) is 16.0. The quantitative estimate of drug-likeness (QED) is 0.452. The molecule has 4 aromatic heterocycles. The molecule has 5 heterocycles. The van der Waals surface area contributed by atoms with Gasteiger partial charge in [-0.15, -0.1) is 5.10 Å². The maximum Gasteiger partial charge on any atom is 0.222 e. The molecule has 1 fully saturated rings. The van der Waals surface area contributed by atoms with Crippen molar-refractivity contribution >= 4 is 11.6 Å². The minimum Gasteiger partial charge on any atom is -0.468 e.